The molecule has 13 atom stereocenters. The predicted octanol–water partition coefficient (Wildman–Crippen LogP) is 5.48. The summed E-state index contributed by atoms with van der Waals surface area (Å²) in [5, 5.41) is 30.7. The highest BCUT2D eigenvalue weighted by Crippen LogP contribution is 2.53. The van der Waals surface area contributed by atoms with Gasteiger partial charge in [-0.3, -0.25) is 44.0 Å². The summed E-state index contributed by atoms with van der Waals surface area (Å²) in [5.41, 5.74) is -0.448. The van der Waals surface area contributed by atoms with E-state index in [-0.39, 0.29) is 30.2 Å². The van der Waals surface area contributed by atoms with Crippen molar-refractivity contribution in [3.8, 4) is 0 Å². The van der Waals surface area contributed by atoms with Crippen molar-refractivity contribution in [1.82, 2.24) is 69.0 Å². The lowest BCUT2D eigenvalue weighted by molar-refractivity contribution is -0.341. The van der Waals surface area contributed by atoms with E-state index in [0.29, 0.717) is 75.5 Å². The van der Waals surface area contributed by atoms with Gasteiger partial charge in [-0.2, -0.15) is 0 Å². The van der Waals surface area contributed by atoms with E-state index < -0.39 is 35.2 Å². The number of piperidine rings is 8. The summed E-state index contributed by atoms with van der Waals surface area (Å²) in [6.07, 6.45) is 21.7. The van der Waals surface area contributed by atoms with Crippen LogP contribution in [0.5, 0.6) is 0 Å². The van der Waals surface area contributed by atoms with Gasteiger partial charge in [0.05, 0.1) is 68.3 Å². The van der Waals surface area contributed by atoms with Crippen LogP contribution in [-0.2, 0) is 14.3 Å². The quantitative estimate of drug-likeness (QED) is 0.202. The number of carboxylic acid groups (broad SMARTS) is 1. The smallest absolute Gasteiger partial charge is 0.306 e. The van der Waals surface area contributed by atoms with Gasteiger partial charge in [0.1, 0.15) is 11.6 Å². The van der Waals surface area contributed by atoms with E-state index in [4.69, 9.17) is 14.8 Å². The first kappa shape index (κ1) is 64.9. The molecule has 86 heavy (non-hydrogen) atoms. The van der Waals surface area contributed by atoms with E-state index in [9.17, 15) is 15.0 Å². The zero-order valence-electron chi connectivity index (χ0n) is 55.6. The molecule has 491 valence electrons. The molecule has 1 radical (unpaired) electrons. The molecular formula is C67H123N14O5. The second-order valence-corrected chi connectivity index (χ2v) is 30.4. The van der Waals surface area contributed by atoms with Gasteiger partial charge in [0.15, 0.2) is 0 Å². The number of rotatable bonds is 16. The molecular weight excluding hydrogens is 1080 g/mol. The Bertz CT molecular complexity index is 2170. The van der Waals surface area contributed by atoms with Crippen LogP contribution in [0.2, 0.25) is 0 Å². The highest BCUT2D eigenvalue weighted by molar-refractivity contribution is 5.70. The lowest BCUT2D eigenvalue weighted by Crippen LogP contribution is -2.89. The van der Waals surface area contributed by atoms with E-state index in [2.05, 4.69) is 119 Å². The molecule has 0 saturated carbocycles. The fourth-order valence-corrected chi connectivity index (χ4v) is 20.9. The van der Waals surface area contributed by atoms with Gasteiger partial charge in [0, 0.05) is 135 Å². The maximum Gasteiger partial charge on any atom is 0.306 e. The molecule has 0 bridgehead atoms. The molecule has 19 heteroatoms. The first-order chi connectivity index (χ1) is 41.6. The summed E-state index contributed by atoms with van der Waals surface area (Å²) in [6.45, 7) is 36.0. The first-order valence-corrected chi connectivity index (χ1v) is 36.1. The molecule has 0 spiro atoms. The van der Waals surface area contributed by atoms with Crippen molar-refractivity contribution in [3.05, 3.63) is 0 Å². The zero-order valence-corrected chi connectivity index (χ0v) is 55.6. The zero-order chi connectivity index (χ0) is 60.0. The molecule has 12 aliphatic heterocycles. The highest BCUT2D eigenvalue weighted by Gasteiger charge is 2.67. The standard InChI is InChI=1S/C67H123N14O5/c1-9-70(10-2)57-24-38-77(62(47-57)78-32-16-26-64(78,5)73-35-21-55(22-36-73)72-41-43-85-44-42-72)60-46-56(69(7)8)23-37-76(60)61-45-54(63(83)84)20-39-79(61)67(75-30-12-11-13-31-75)49-59(82)25-40-80(67)66(48-58(17-27-68-66)71-28-14-15-29-71)81-53(4)50-86-51-65(81,6)74-33-18-52(3)19-34-74/h52-62,82H,9-51H2,1-8H3,(H,83,84). The Hall–Kier alpha value is -1.21. The molecule has 12 heterocycles. The van der Waals surface area contributed by atoms with Crippen molar-refractivity contribution < 1.29 is 24.5 Å². The van der Waals surface area contributed by atoms with Crippen molar-refractivity contribution in [2.75, 3.05) is 158 Å². The number of aliphatic carboxylic acids is 1. The Morgan fingerprint density at radius 1 is 0.593 bits per heavy atom. The van der Waals surface area contributed by atoms with Gasteiger partial charge in [-0.1, -0.05) is 27.2 Å². The van der Waals surface area contributed by atoms with Crippen LogP contribution in [-0.4, -0.2) is 316 Å². The fraction of sp³-hybridized carbons (Fsp3) is 0.985. The van der Waals surface area contributed by atoms with Gasteiger partial charge in [0.25, 0.3) is 0 Å². The minimum absolute atomic E-state index is 0.0465. The van der Waals surface area contributed by atoms with Gasteiger partial charge >= 0.3 is 5.97 Å². The van der Waals surface area contributed by atoms with E-state index in [0.717, 1.165) is 176 Å². The number of ether oxygens (including phenoxy) is 2. The second-order valence-electron chi connectivity index (χ2n) is 30.4. The van der Waals surface area contributed by atoms with Crippen LogP contribution in [0.1, 0.15) is 176 Å². The molecule has 0 amide bonds. The fourth-order valence-electron chi connectivity index (χ4n) is 20.9. The molecule has 13 unspecified atom stereocenters. The number of nitrogens with zero attached hydrogens (tertiary/aromatic N) is 14. The number of hydrogen-bond acceptors (Lipinski definition) is 17. The van der Waals surface area contributed by atoms with Gasteiger partial charge < -0.3 is 34.4 Å². The first-order valence-electron chi connectivity index (χ1n) is 36.1. The van der Waals surface area contributed by atoms with Gasteiger partial charge in [0.2, 0.25) is 0 Å². The van der Waals surface area contributed by atoms with Crippen LogP contribution in [0, 0.1) is 11.8 Å². The second kappa shape index (κ2) is 27.8. The molecule has 12 aliphatic rings. The Morgan fingerprint density at radius 3 is 1.92 bits per heavy atom. The van der Waals surface area contributed by atoms with Crippen LogP contribution >= 0.6 is 0 Å². The summed E-state index contributed by atoms with van der Waals surface area (Å²) in [4.78, 5) is 51.3. The Balaban J connectivity index is 0.977. The third kappa shape index (κ3) is 12.5. The molecule has 0 aliphatic carbocycles. The molecule has 0 aromatic heterocycles. The van der Waals surface area contributed by atoms with E-state index in [1.807, 2.05) is 0 Å². The Labute approximate surface area is 521 Å². The van der Waals surface area contributed by atoms with E-state index in [1.54, 1.807) is 0 Å². The lowest BCUT2D eigenvalue weighted by Gasteiger charge is -2.72. The number of carbonyl (C=O) groups is 1. The Kier molecular flexibility index (Phi) is 21.0. The summed E-state index contributed by atoms with van der Waals surface area (Å²) in [5.74, 6) is -1.82. The summed E-state index contributed by atoms with van der Waals surface area (Å²) < 4.78 is 12.7. The normalized spacial score (nSPS) is 42.2. The maximum atomic E-state index is 14.0. The number of morpholine rings is 2. The molecule has 0 aromatic carbocycles. The minimum Gasteiger partial charge on any atom is -0.481 e. The van der Waals surface area contributed by atoms with Crippen molar-refractivity contribution in [2.24, 2.45) is 11.8 Å². The molecule has 0 aromatic rings. The monoisotopic (exact) mass is 1200 g/mol. The number of carboxylic acids is 1. The van der Waals surface area contributed by atoms with Crippen molar-refractivity contribution in [3.63, 3.8) is 0 Å². The van der Waals surface area contributed by atoms with Crippen molar-refractivity contribution in [1.29, 1.82) is 0 Å². The topological polar surface area (TPSA) is 132 Å². The van der Waals surface area contributed by atoms with Crippen LogP contribution in [0.25, 0.3) is 0 Å². The van der Waals surface area contributed by atoms with Crippen molar-refractivity contribution >= 4 is 5.97 Å². The Morgan fingerprint density at radius 2 is 1.23 bits per heavy atom. The summed E-state index contributed by atoms with van der Waals surface area (Å²) in [6, 6.07) is 2.05. The van der Waals surface area contributed by atoms with Crippen molar-refractivity contribution in [2.45, 2.75) is 254 Å². The van der Waals surface area contributed by atoms with Crippen LogP contribution in [0.3, 0.4) is 0 Å². The molecule has 12 fully saturated rings. The molecule has 12 rings (SSSR count). The number of likely N-dealkylation sites (tertiary alicyclic amines) is 9. The predicted molar refractivity (Wildman–Crippen MR) is 340 cm³/mol. The number of aliphatic hydroxyl groups is 1. The third-order valence-corrected chi connectivity index (χ3v) is 25.6. The van der Waals surface area contributed by atoms with Crippen LogP contribution in [0.15, 0.2) is 0 Å². The number of aliphatic hydroxyl groups excluding tert-OH is 1. The lowest BCUT2D eigenvalue weighted by atomic mass is 9.83. The third-order valence-electron chi connectivity index (χ3n) is 25.6. The molecule has 19 nitrogen and oxygen atoms in total. The number of hydrogen-bond donors (Lipinski definition) is 2. The van der Waals surface area contributed by atoms with E-state index in [1.165, 1.54) is 57.8 Å². The average Bonchev–Trinajstić information content (AvgIpc) is 0.824. The van der Waals surface area contributed by atoms with Crippen LogP contribution < -0.4 is 5.32 Å². The highest BCUT2D eigenvalue weighted by atomic mass is 16.5. The summed E-state index contributed by atoms with van der Waals surface area (Å²) in [7, 11) is 4.62. The average molecular weight is 1200 g/mol. The molecule has 12 saturated heterocycles. The van der Waals surface area contributed by atoms with E-state index >= 15 is 0 Å². The molecule has 2 N–H and O–H groups in total. The van der Waals surface area contributed by atoms with Gasteiger partial charge in [-0.05, 0) is 183 Å². The minimum atomic E-state index is -0.725. The van der Waals surface area contributed by atoms with Gasteiger partial charge in [-0.15, -0.1) is 0 Å². The van der Waals surface area contributed by atoms with Crippen LogP contribution in [0.4, 0.5) is 0 Å². The largest absolute Gasteiger partial charge is 0.481 e. The SMILES string of the molecule is CCN(CC)C1CCN(C2CC(N(C)C)CCN2C2CC(C(=O)O)CCN2C2(N3CCCCC3)CC(O)CCN2C2(N3C(C)COCC3(C)N3CCC(C)CC3)CC(N3CCCC3)CC[N]2)C(N2CCCC2(C)N2CCC(N3CCOCC3)CC2)C1. The summed E-state index contributed by atoms with van der Waals surface area (Å²) >= 11 is 0. The maximum absolute atomic E-state index is 14.0. The van der Waals surface area contributed by atoms with Gasteiger partial charge in [-0.25, -0.2) is 15.1 Å².